The van der Waals surface area contributed by atoms with Crippen molar-refractivity contribution in [3.63, 3.8) is 0 Å². The number of pyridine rings is 1. The molecule has 17 nitrogen and oxygen atoms in total. The standard InChI is InChI=1S/C21H15Cl2N3O4S3.C18H14Cl2N2O7S3.C2H6O/c22-16-12-18(25-32(27)21-5-3-11-31-21)19(13-17(16)23)26-33(28,29)15-8-6-14(7-9-15)30-20-4-1-2-10-24-20;1-29-15-5-4-10(18(23)24)7-16(15)31(25,26)21-13-8-11(19)12(20)9-14(13)22-32(27,28)17-3-2-6-30-17;1-3-2/h1-13,25-26H;2-9,21-22H,1H3,(H,23,24);1-2H3. The molecule has 360 valence electrons. The summed E-state index contributed by atoms with van der Waals surface area (Å²) in [6.07, 6.45) is 1.59. The Morgan fingerprint density at radius 1 is 0.647 bits per heavy atom. The van der Waals surface area contributed by atoms with Crippen LogP contribution < -0.4 is 28.4 Å². The molecule has 1 unspecified atom stereocenters. The maximum atomic E-state index is 13.1. The van der Waals surface area contributed by atoms with Crippen LogP contribution in [0.4, 0.5) is 22.7 Å². The summed E-state index contributed by atoms with van der Waals surface area (Å²) < 4.78 is 115. The maximum absolute atomic E-state index is 13.1. The Hall–Kier alpha value is -5.18. The number of methoxy groups -OCH3 is 2. The van der Waals surface area contributed by atoms with Crippen molar-refractivity contribution >= 4 is 139 Å². The van der Waals surface area contributed by atoms with Gasteiger partial charge in [-0.05, 0) is 95.7 Å². The van der Waals surface area contributed by atoms with Gasteiger partial charge in [0.1, 0.15) is 24.8 Å². The molecular formula is C41H35Cl4N5O12S6. The number of aromatic nitrogens is 1. The third kappa shape index (κ3) is 14.4. The van der Waals surface area contributed by atoms with Crippen LogP contribution in [0.25, 0.3) is 0 Å². The number of hydrogen-bond donors (Lipinski definition) is 5. The highest BCUT2D eigenvalue weighted by molar-refractivity contribution is 7.95. The Kier molecular flexibility index (Phi) is 18.9. The van der Waals surface area contributed by atoms with Crippen molar-refractivity contribution in [2.24, 2.45) is 0 Å². The topological polar surface area (TPSA) is 245 Å². The van der Waals surface area contributed by atoms with Crippen LogP contribution in [0.5, 0.6) is 17.4 Å². The number of aromatic carboxylic acids is 1. The van der Waals surface area contributed by atoms with Gasteiger partial charge < -0.3 is 19.3 Å². The molecule has 0 aliphatic rings. The number of sulfonamides is 3. The highest BCUT2D eigenvalue weighted by Crippen LogP contribution is 2.38. The highest BCUT2D eigenvalue weighted by Gasteiger charge is 2.26. The normalized spacial score (nSPS) is 11.7. The molecule has 0 amide bonds. The Morgan fingerprint density at radius 3 is 1.71 bits per heavy atom. The monoisotopic (exact) mass is 1120 g/mol. The number of rotatable bonds is 16. The lowest BCUT2D eigenvalue weighted by molar-refractivity contribution is 0.0696. The molecule has 0 radical (unpaired) electrons. The number of thiophene rings is 2. The van der Waals surface area contributed by atoms with Crippen molar-refractivity contribution < 1.29 is 53.6 Å². The molecule has 0 spiro atoms. The van der Waals surface area contributed by atoms with Gasteiger partial charge in [0, 0.05) is 26.5 Å². The summed E-state index contributed by atoms with van der Waals surface area (Å²) in [5.41, 5.74) is -0.399. The number of hydrogen-bond acceptors (Lipinski definition) is 14. The molecule has 0 aliphatic carbocycles. The molecule has 68 heavy (non-hydrogen) atoms. The van der Waals surface area contributed by atoms with Crippen molar-refractivity contribution in [3.05, 3.63) is 152 Å². The van der Waals surface area contributed by atoms with E-state index in [9.17, 15) is 39.4 Å². The van der Waals surface area contributed by atoms with Gasteiger partial charge in [0.2, 0.25) is 5.88 Å². The van der Waals surface area contributed by atoms with Gasteiger partial charge in [0.05, 0.1) is 60.4 Å². The SMILES string of the molecule is COC.COc1ccc(C(=O)O)cc1S(=O)(=O)Nc1cc(Cl)c(Cl)cc1NS(=O)(=O)c1cccs1.O=S(Nc1cc(Cl)c(Cl)cc1NS(=O)(=O)c1ccc(Oc2ccccn2)cc1)c1cccs1. The molecule has 3 heterocycles. The summed E-state index contributed by atoms with van der Waals surface area (Å²) >= 11 is 26.5. The Morgan fingerprint density at radius 2 is 1.19 bits per heavy atom. The number of carboxylic acids is 1. The Bertz CT molecular complexity index is 3230. The average Bonchev–Trinajstić information content (AvgIpc) is 4.05. The lowest BCUT2D eigenvalue weighted by Crippen LogP contribution is -2.18. The minimum Gasteiger partial charge on any atom is -0.495 e. The van der Waals surface area contributed by atoms with Crippen LogP contribution in [0, 0.1) is 0 Å². The van der Waals surface area contributed by atoms with Gasteiger partial charge in [-0.15, -0.1) is 22.7 Å². The van der Waals surface area contributed by atoms with Crippen LogP contribution in [-0.2, 0) is 45.8 Å². The summed E-state index contributed by atoms with van der Waals surface area (Å²) in [5.74, 6) is -0.654. The smallest absolute Gasteiger partial charge is 0.335 e. The van der Waals surface area contributed by atoms with Gasteiger partial charge in [-0.1, -0.05) is 64.6 Å². The molecule has 27 heteroatoms. The van der Waals surface area contributed by atoms with Crippen LogP contribution in [-0.4, -0.2) is 66.9 Å². The van der Waals surface area contributed by atoms with Gasteiger partial charge in [-0.3, -0.25) is 18.9 Å². The quantitative estimate of drug-likeness (QED) is 0.0605. The Balaban J connectivity index is 0.000000240. The minimum absolute atomic E-state index is 0.00629. The van der Waals surface area contributed by atoms with Crippen molar-refractivity contribution in [3.8, 4) is 17.4 Å². The molecule has 0 aliphatic heterocycles. The molecule has 7 aromatic rings. The zero-order valence-corrected chi connectivity index (χ0v) is 42.9. The van der Waals surface area contributed by atoms with Crippen LogP contribution >= 0.6 is 69.1 Å². The van der Waals surface area contributed by atoms with Gasteiger partial charge in [-0.2, -0.15) is 0 Å². The number of anilines is 4. The van der Waals surface area contributed by atoms with E-state index in [2.05, 4.69) is 28.6 Å². The maximum Gasteiger partial charge on any atom is 0.335 e. The summed E-state index contributed by atoms with van der Waals surface area (Å²) in [6.45, 7) is 0. The predicted octanol–water partition coefficient (Wildman–Crippen LogP) is 10.8. The van der Waals surface area contributed by atoms with Crippen LogP contribution in [0.15, 0.2) is 144 Å². The molecule has 0 bridgehead atoms. The van der Waals surface area contributed by atoms with Gasteiger partial charge in [0.15, 0.2) is 11.0 Å². The highest BCUT2D eigenvalue weighted by atomic mass is 35.5. The first-order chi connectivity index (χ1) is 32.2. The zero-order valence-electron chi connectivity index (χ0n) is 35.0. The van der Waals surface area contributed by atoms with Crippen molar-refractivity contribution in [1.82, 2.24) is 4.98 Å². The van der Waals surface area contributed by atoms with Crippen molar-refractivity contribution in [1.29, 1.82) is 0 Å². The third-order valence-corrected chi connectivity index (χ3v) is 17.5. The third-order valence-electron chi connectivity index (χ3n) is 8.19. The van der Waals surface area contributed by atoms with E-state index in [1.807, 2.05) is 0 Å². The number of nitrogens with zero attached hydrogens (tertiary/aromatic N) is 1. The predicted molar refractivity (Wildman–Crippen MR) is 268 cm³/mol. The van der Waals surface area contributed by atoms with E-state index >= 15 is 0 Å². The van der Waals surface area contributed by atoms with Crippen molar-refractivity contribution in [2.45, 2.75) is 18.2 Å². The molecule has 4 aromatic carbocycles. The van der Waals surface area contributed by atoms with Gasteiger partial charge in [0.25, 0.3) is 30.1 Å². The summed E-state index contributed by atoms with van der Waals surface area (Å²) in [6, 6.07) is 25.8. The Labute approximate surface area is 421 Å². The van der Waals surface area contributed by atoms with Gasteiger partial charge in [-0.25, -0.2) is 39.2 Å². The zero-order chi connectivity index (χ0) is 49.8. The molecule has 3 aromatic heterocycles. The fraction of sp³-hybridized carbons (Fsp3) is 0.0732. The number of ether oxygens (including phenoxy) is 3. The molecule has 0 saturated carbocycles. The molecule has 0 saturated heterocycles. The first kappa shape index (κ1) is 53.8. The first-order valence-electron chi connectivity index (χ1n) is 18.5. The molecule has 7 rings (SSSR count). The molecule has 5 N–H and O–H groups in total. The minimum atomic E-state index is -4.45. The lowest BCUT2D eigenvalue weighted by Gasteiger charge is -2.17. The van der Waals surface area contributed by atoms with Gasteiger partial charge >= 0.3 is 5.97 Å². The fourth-order valence-corrected chi connectivity index (χ4v) is 12.0. The number of carbonyl (C=O) groups is 1. The fourth-order valence-electron chi connectivity index (χ4n) is 5.20. The number of halogens is 4. The largest absolute Gasteiger partial charge is 0.495 e. The number of nitrogens with one attached hydrogen (secondary N) is 4. The second-order valence-electron chi connectivity index (χ2n) is 13.0. The van der Waals surface area contributed by atoms with Crippen LogP contribution in [0.3, 0.4) is 0 Å². The number of benzene rings is 4. The van der Waals surface area contributed by atoms with E-state index in [4.69, 9.17) is 55.9 Å². The lowest BCUT2D eigenvalue weighted by atomic mass is 10.2. The summed E-state index contributed by atoms with van der Waals surface area (Å²) in [7, 11) is -9.64. The van der Waals surface area contributed by atoms with E-state index in [1.165, 1.54) is 73.0 Å². The van der Waals surface area contributed by atoms with E-state index in [-0.39, 0.29) is 63.3 Å². The molecular weight excluding hydrogens is 1090 g/mol. The van der Waals surface area contributed by atoms with E-state index in [1.54, 1.807) is 67.6 Å². The second kappa shape index (κ2) is 23.9. The van der Waals surface area contributed by atoms with E-state index in [0.29, 0.717) is 15.8 Å². The summed E-state index contributed by atoms with van der Waals surface area (Å²) in [4.78, 5) is 14.9. The first-order valence-corrected chi connectivity index (χ1v) is 27.4. The summed E-state index contributed by atoms with van der Waals surface area (Å²) in [5, 5.41) is 12.8. The average molecular weight is 1120 g/mol. The number of carboxylic acid groups (broad SMARTS) is 1. The van der Waals surface area contributed by atoms with Crippen molar-refractivity contribution in [2.75, 3.05) is 40.2 Å². The second-order valence-corrected chi connectivity index (χ2v) is 23.2. The molecule has 0 fully saturated rings. The van der Waals surface area contributed by atoms with Crippen LogP contribution in [0.1, 0.15) is 10.4 Å². The van der Waals surface area contributed by atoms with Crippen LogP contribution in [0.2, 0.25) is 20.1 Å². The van der Waals surface area contributed by atoms with E-state index in [0.717, 1.165) is 29.5 Å². The van der Waals surface area contributed by atoms with E-state index < -0.39 is 51.9 Å². The molecule has 1 atom stereocenters.